The van der Waals surface area contributed by atoms with E-state index >= 15 is 0 Å². The molecule has 0 radical (unpaired) electrons. The SMILES string of the molecule is Cc1cc(S(=O)(=O)Nc2ncccc2Br)cc(N)c1C. The monoisotopic (exact) mass is 355 g/mol. The molecule has 0 atom stereocenters. The number of anilines is 2. The van der Waals surface area contributed by atoms with Gasteiger partial charge in [-0.15, -0.1) is 0 Å². The number of nitrogens with one attached hydrogen (secondary N) is 1. The van der Waals surface area contributed by atoms with Crippen LogP contribution in [0.1, 0.15) is 11.1 Å². The van der Waals surface area contributed by atoms with Crippen molar-refractivity contribution in [1.29, 1.82) is 0 Å². The second-order valence-electron chi connectivity index (χ2n) is 4.39. The molecule has 1 heterocycles. The lowest BCUT2D eigenvalue weighted by atomic mass is 10.1. The van der Waals surface area contributed by atoms with Gasteiger partial charge in [0.2, 0.25) is 0 Å². The molecule has 0 fully saturated rings. The fourth-order valence-electron chi connectivity index (χ4n) is 1.65. The van der Waals surface area contributed by atoms with Gasteiger partial charge in [-0.25, -0.2) is 13.4 Å². The molecule has 2 rings (SSSR count). The van der Waals surface area contributed by atoms with Crippen molar-refractivity contribution >= 4 is 37.5 Å². The van der Waals surface area contributed by atoms with Crippen molar-refractivity contribution < 1.29 is 8.42 Å². The smallest absolute Gasteiger partial charge is 0.263 e. The van der Waals surface area contributed by atoms with Gasteiger partial charge in [0, 0.05) is 11.9 Å². The number of hydrogen-bond acceptors (Lipinski definition) is 4. The molecule has 2 aromatic rings. The Morgan fingerprint density at radius 2 is 2.00 bits per heavy atom. The summed E-state index contributed by atoms with van der Waals surface area (Å²) in [4.78, 5) is 4.10. The van der Waals surface area contributed by atoms with Crippen LogP contribution in [0.3, 0.4) is 0 Å². The number of pyridine rings is 1. The largest absolute Gasteiger partial charge is 0.398 e. The zero-order valence-corrected chi connectivity index (χ0v) is 13.4. The van der Waals surface area contributed by atoms with Crippen LogP contribution in [0.15, 0.2) is 39.8 Å². The van der Waals surface area contributed by atoms with Crippen molar-refractivity contribution in [1.82, 2.24) is 4.98 Å². The van der Waals surface area contributed by atoms with Gasteiger partial charge in [-0.3, -0.25) is 4.72 Å². The molecule has 7 heteroatoms. The molecule has 0 aliphatic carbocycles. The predicted octanol–water partition coefficient (Wildman–Crippen LogP) is 2.84. The molecule has 0 spiro atoms. The highest BCUT2D eigenvalue weighted by atomic mass is 79.9. The van der Waals surface area contributed by atoms with E-state index in [1.165, 1.54) is 12.3 Å². The molecule has 0 amide bonds. The van der Waals surface area contributed by atoms with E-state index in [0.717, 1.165) is 11.1 Å². The number of aryl methyl sites for hydroxylation is 1. The van der Waals surface area contributed by atoms with Gasteiger partial charge in [-0.2, -0.15) is 0 Å². The number of sulfonamides is 1. The van der Waals surface area contributed by atoms with Crippen molar-refractivity contribution in [2.75, 3.05) is 10.5 Å². The van der Waals surface area contributed by atoms with Crippen LogP contribution in [0.25, 0.3) is 0 Å². The number of halogens is 1. The first-order valence-electron chi connectivity index (χ1n) is 5.81. The Hall–Kier alpha value is -1.60. The predicted molar refractivity (Wildman–Crippen MR) is 83.1 cm³/mol. The number of aromatic nitrogens is 1. The van der Waals surface area contributed by atoms with Crippen LogP contribution in [-0.2, 0) is 10.0 Å². The van der Waals surface area contributed by atoms with Crippen molar-refractivity contribution in [2.45, 2.75) is 18.7 Å². The van der Waals surface area contributed by atoms with Crippen molar-refractivity contribution in [3.05, 3.63) is 46.1 Å². The van der Waals surface area contributed by atoms with Crippen LogP contribution in [0.2, 0.25) is 0 Å². The minimum absolute atomic E-state index is 0.121. The summed E-state index contributed by atoms with van der Waals surface area (Å²) in [5, 5.41) is 0. The minimum Gasteiger partial charge on any atom is -0.398 e. The number of nitrogens with zero attached hydrogens (tertiary/aromatic N) is 1. The van der Waals surface area contributed by atoms with Gasteiger partial charge in [-0.05, 0) is 65.2 Å². The topological polar surface area (TPSA) is 85.1 Å². The van der Waals surface area contributed by atoms with E-state index in [4.69, 9.17) is 5.73 Å². The Kier molecular flexibility index (Phi) is 4.01. The van der Waals surface area contributed by atoms with Crippen LogP contribution >= 0.6 is 15.9 Å². The first kappa shape index (κ1) is 14.8. The number of nitrogens with two attached hydrogens (primary N) is 1. The molecular weight excluding hydrogens is 342 g/mol. The summed E-state index contributed by atoms with van der Waals surface area (Å²) in [7, 11) is -3.72. The average Bonchev–Trinajstić information content (AvgIpc) is 2.38. The summed E-state index contributed by atoms with van der Waals surface area (Å²) >= 11 is 3.25. The second-order valence-corrected chi connectivity index (χ2v) is 6.93. The Morgan fingerprint density at radius 1 is 1.30 bits per heavy atom. The summed E-state index contributed by atoms with van der Waals surface area (Å²) in [5.74, 6) is 0.240. The number of hydrogen-bond donors (Lipinski definition) is 2. The zero-order chi connectivity index (χ0) is 14.9. The molecule has 1 aromatic heterocycles. The first-order chi connectivity index (χ1) is 9.31. The third-order valence-electron chi connectivity index (χ3n) is 2.98. The highest BCUT2D eigenvalue weighted by Crippen LogP contribution is 2.25. The summed E-state index contributed by atoms with van der Waals surface area (Å²) in [6, 6.07) is 6.45. The van der Waals surface area contributed by atoms with Gasteiger partial charge < -0.3 is 5.73 Å². The van der Waals surface area contributed by atoms with Gasteiger partial charge in [0.05, 0.1) is 9.37 Å². The average molecular weight is 356 g/mol. The fourth-order valence-corrected chi connectivity index (χ4v) is 3.29. The van der Waals surface area contributed by atoms with E-state index in [9.17, 15) is 8.42 Å². The number of rotatable bonds is 3. The second kappa shape index (κ2) is 5.41. The van der Waals surface area contributed by atoms with Crippen LogP contribution in [0.5, 0.6) is 0 Å². The standard InChI is InChI=1S/C13H14BrN3O2S/c1-8-6-10(7-12(15)9(8)2)20(18,19)17-13-11(14)4-3-5-16-13/h3-7H,15H2,1-2H3,(H,16,17). The highest BCUT2D eigenvalue weighted by molar-refractivity contribution is 9.10. The van der Waals surface area contributed by atoms with E-state index in [-0.39, 0.29) is 10.7 Å². The van der Waals surface area contributed by atoms with Crippen molar-refractivity contribution in [3.8, 4) is 0 Å². The molecule has 106 valence electrons. The van der Waals surface area contributed by atoms with E-state index < -0.39 is 10.0 Å². The molecule has 0 aliphatic rings. The Labute approximate surface area is 126 Å². The van der Waals surface area contributed by atoms with Crippen LogP contribution in [-0.4, -0.2) is 13.4 Å². The minimum atomic E-state index is -3.72. The van der Waals surface area contributed by atoms with E-state index in [0.29, 0.717) is 10.2 Å². The van der Waals surface area contributed by atoms with Crippen LogP contribution < -0.4 is 10.5 Å². The van der Waals surface area contributed by atoms with Gasteiger partial charge in [0.1, 0.15) is 0 Å². The lowest BCUT2D eigenvalue weighted by molar-refractivity contribution is 0.601. The lowest BCUT2D eigenvalue weighted by Gasteiger charge is -2.11. The third-order valence-corrected chi connectivity index (χ3v) is 4.94. The van der Waals surface area contributed by atoms with Crippen molar-refractivity contribution in [3.63, 3.8) is 0 Å². The molecule has 0 saturated carbocycles. The summed E-state index contributed by atoms with van der Waals surface area (Å²) in [6.07, 6.45) is 1.51. The maximum Gasteiger partial charge on any atom is 0.263 e. The van der Waals surface area contributed by atoms with Gasteiger partial charge in [0.25, 0.3) is 10.0 Å². The molecule has 5 nitrogen and oxygen atoms in total. The molecule has 0 unspecified atom stereocenters. The Balaban J connectivity index is 2.44. The zero-order valence-electron chi connectivity index (χ0n) is 11.0. The number of benzene rings is 1. The van der Waals surface area contributed by atoms with Crippen molar-refractivity contribution in [2.24, 2.45) is 0 Å². The van der Waals surface area contributed by atoms with Gasteiger partial charge >= 0.3 is 0 Å². The van der Waals surface area contributed by atoms with Gasteiger partial charge in [0.15, 0.2) is 5.82 Å². The maximum absolute atomic E-state index is 12.3. The molecule has 1 aromatic carbocycles. The summed E-state index contributed by atoms with van der Waals surface area (Å²) < 4.78 is 27.7. The first-order valence-corrected chi connectivity index (χ1v) is 8.09. The van der Waals surface area contributed by atoms with E-state index in [1.54, 1.807) is 18.2 Å². The lowest BCUT2D eigenvalue weighted by Crippen LogP contribution is -2.15. The quantitative estimate of drug-likeness (QED) is 0.829. The molecular formula is C13H14BrN3O2S. The Bertz CT molecular complexity index is 737. The summed E-state index contributed by atoms with van der Waals surface area (Å²) in [6.45, 7) is 3.67. The van der Waals surface area contributed by atoms with Crippen LogP contribution in [0, 0.1) is 13.8 Å². The molecule has 3 N–H and O–H groups in total. The maximum atomic E-state index is 12.3. The summed E-state index contributed by atoms with van der Waals surface area (Å²) in [5.41, 5.74) is 7.98. The third kappa shape index (κ3) is 2.94. The molecule has 20 heavy (non-hydrogen) atoms. The molecule has 0 bridgehead atoms. The normalized spacial score (nSPS) is 11.3. The number of nitrogen functional groups attached to an aromatic ring is 1. The van der Waals surface area contributed by atoms with Gasteiger partial charge in [-0.1, -0.05) is 0 Å². The van der Waals surface area contributed by atoms with E-state index in [2.05, 4.69) is 25.6 Å². The molecule has 0 saturated heterocycles. The highest BCUT2D eigenvalue weighted by Gasteiger charge is 2.18. The van der Waals surface area contributed by atoms with E-state index in [1.807, 2.05) is 13.8 Å². The van der Waals surface area contributed by atoms with Crippen LogP contribution in [0.4, 0.5) is 11.5 Å². The Morgan fingerprint density at radius 3 is 2.60 bits per heavy atom. The fraction of sp³-hybridized carbons (Fsp3) is 0.154. The molecule has 0 aliphatic heterocycles.